The lowest BCUT2D eigenvalue weighted by Gasteiger charge is -2.33. The van der Waals surface area contributed by atoms with Gasteiger partial charge in [0.25, 0.3) is 5.91 Å². The zero-order chi connectivity index (χ0) is 20.2. The molecule has 29 heavy (non-hydrogen) atoms. The van der Waals surface area contributed by atoms with Crippen LogP contribution in [0.3, 0.4) is 0 Å². The van der Waals surface area contributed by atoms with E-state index >= 15 is 0 Å². The molecule has 0 atom stereocenters. The fourth-order valence-corrected chi connectivity index (χ4v) is 3.78. The van der Waals surface area contributed by atoms with Crippen molar-refractivity contribution in [1.29, 1.82) is 0 Å². The normalized spacial score (nSPS) is 17.1. The van der Waals surface area contributed by atoms with E-state index in [9.17, 15) is 9.59 Å². The predicted octanol–water partition coefficient (Wildman–Crippen LogP) is 4.20. The molecule has 0 bridgehead atoms. The summed E-state index contributed by atoms with van der Waals surface area (Å²) >= 11 is 0. The summed E-state index contributed by atoms with van der Waals surface area (Å²) in [6, 6.07) is 15.6. The minimum atomic E-state index is -0.106. The third kappa shape index (κ3) is 4.97. The van der Waals surface area contributed by atoms with Crippen LogP contribution in [0, 0.1) is 11.8 Å². The molecule has 5 heteroatoms. The van der Waals surface area contributed by atoms with Crippen molar-refractivity contribution < 1.29 is 9.59 Å². The Kier molecular flexibility index (Phi) is 5.84. The molecule has 2 aromatic rings. The van der Waals surface area contributed by atoms with Crippen molar-refractivity contribution in [2.75, 3.05) is 23.3 Å². The molecule has 1 aliphatic carbocycles. The third-order valence-electron chi connectivity index (χ3n) is 5.88. The highest BCUT2D eigenvalue weighted by molar-refractivity contribution is 6.02. The fraction of sp³-hybridized carbons (Fsp3) is 0.417. The van der Waals surface area contributed by atoms with Crippen LogP contribution in [-0.2, 0) is 11.3 Å². The second kappa shape index (κ2) is 8.68. The van der Waals surface area contributed by atoms with E-state index in [1.807, 2.05) is 48.5 Å². The lowest BCUT2D eigenvalue weighted by atomic mass is 9.97. The van der Waals surface area contributed by atoms with Gasteiger partial charge >= 0.3 is 0 Å². The molecule has 2 aliphatic rings. The van der Waals surface area contributed by atoms with Crippen molar-refractivity contribution in [2.45, 2.75) is 39.2 Å². The zero-order valence-corrected chi connectivity index (χ0v) is 17.0. The van der Waals surface area contributed by atoms with Gasteiger partial charge in [-0.25, -0.2) is 0 Å². The van der Waals surface area contributed by atoms with Crippen LogP contribution >= 0.6 is 0 Å². The first kappa shape index (κ1) is 19.5. The molecule has 152 valence electrons. The highest BCUT2D eigenvalue weighted by Crippen LogP contribution is 2.32. The van der Waals surface area contributed by atoms with E-state index in [-0.39, 0.29) is 17.7 Å². The van der Waals surface area contributed by atoms with Gasteiger partial charge in [0, 0.05) is 36.9 Å². The molecule has 4 rings (SSSR count). The van der Waals surface area contributed by atoms with E-state index in [0.29, 0.717) is 17.8 Å². The Balaban J connectivity index is 1.54. The maximum Gasteiger partial charge on any atom is 0.253 e. The quantitative estimate of drug-likeness (QED) is 0.776. The summed E-state index contributed by atoms with van der Waals surface area (Å²) in [5.41, 5.74) is 3.34. The summed E-state index contributed by atoms with van der Waals surface area (Å²) in [5, 5.41) is 6.01. The lowest BCUT2D eigenvalue weighted by Crippen LogP contribution is -2.35. The van der Waals surface area contributed by atoms with E-state index in [1.165, 1.54) is 0 Å². The van der Waals surface area contributed by atoms with Gasteiger partial charge in [-0.3, -0.25) is 9.59 Å². The fourth-order valence-electron chi connectivity index (χ4n) is 3.78. The molecule has 1 saturated heterocycles. The number of carbonyl (C=O) groups is 2. The average molecular weight is 392 g/mol. The molecular formula is C24H29N3O2. The summed E-state index contributed by atoms with van der Waals surface area (Å²) in [7, 11) is 0. The number of hydrogen-bond acceptors (Lipinski definition) is 3. The molecule has 1 saturated carbocycles. The van der Waals surface area contributed by atoms with Gasteiger partial charge in [0.2, 0.25) is 5.91 Å². The van der Waals surface area contributed by atoms with Crippen LogP contribution in [0.25, 0.3) is 0 Å². The Morgan fingerprint density at radius 3 is 2.41 bits per heavy atom. The summed E-state index contributed by atoms with van der Waals surface area (Å²) < 4.78 is 0. The Labute approximate surface area is 172 Å². The molecular weight excluding hydrogens is 362 g/mol. The van der Waals surface area contributed by atoms with Gasteiger partial charge in [-0.1, -0.05) is 37.3 Å². The monoisotopic (exact) mass is 391 g/mol. The Bertz CT molecular complexity index is 869. The van der Waals surface area contributed by atoms with Crippen molar-refractivity contribution in [2.24, 2.45) is 11.8 Å². The number of nitrogens with one attached hydrogen (secondary N) is 2. The van der Waals surface area contributed by atoms with Crippen molar-refractivity contribution in [1.82, 2.24) is 5.32 Å². The number of hydrogen-bond donors (Lipinski definition) is 2. The SMILES string of the molecule is CC1CCN(c2ccc(NC(=O)C3CC3)cc2C(=O)NCc2ccccc2)CC1. The van der Waals surface area contributed by atoms with E-state index in [0.717, 1.165) is 55.9 Å². The van der Waals surface area contributed by atoms with Crippen LogP contribution in [0.4, 0.5) is 11.4 Å². The van der Waals surface area contributed by atoms with Crippen LogP contribution in [0.1, 0.15) is 48.5 Å². The van der Waals surface area contributed by atoms with Gasteiger partial charge in [0.1, 0.15) is 0 Å². The van der Waals surface area contributed by atoms with Crippen molar-refractivity contribution in [3.05, 3.63) is 59.7 Å². The summed E-state index contributed by atoms with van der Waals surface area (Å²) in [6.07, 6.45) is 4.18. The Morgan fingerprint density at radius 1 is 1.00 bits per heavy atom. The number of piperidine rings is 1. The standard InChI is InChI=1S/C24H29N3O2/c1-17-11-13-27(14-12-17)22-10-9-20(26-23(28)19-7-8-19)15-21(22)24(29)25-16-18-5-3-2-4-6-18/h2-6,9-10,15,17,19H,7-8,11-14,16H2,1H3,(H,25,29)(H,26,28). The third-order valence-corrected chi connectivity index (χ3v) is 5.88. The van der Waals surface area contributed by atoms with Gasteiger partial charge in [-0.05, 0) is 55.4 Å². The zero-order valence-electron chi connectivity index (χ0n) is 17.0. The van der Waals surface area contributed by atoms with Crippen molar-refractivity contribution in [3.8, 4) is 0 Å². The van der Waals surface area contributed by atoms with Gasteiger partial charge in [-0.15, -0.1) is 0 Å². The number of anilines is 2. The number of rotatable bonds is 6. The molecule has 0 unspecified atom stereocenters. The molecule has 5 nitrogen and oxygen atoms in total. The highest BCUT2D eigenvalue weighted by Gasteiger charge is 2.30. The molecule has 0 aromatic heterocycles. The topological polar surface area (TPSA) is 61.4 Å². The minimum absolute atomic E-state index is 0.0557. The van der Waals surface area contributed by atoms with Crippen LogP contribution in [0.5, 0.6) is 0 Å². The molecule has 1 aliphatic heterocycles. The molecule has 2 amide bonds. The first-order valence-electron chi connectivity index (χ1n) is 10.6. The Hall–Kier alpha value is -2.82. The van der Waals surface area contributed by atoms with Crippen LogP contribution in [-0.4, -0.2) is 24.9 Å². The number of nitrogens with zero attached hydrogens (tertiary/aromatic N) is 1. The lowest BCUT2D eigenvalue weighted by molar-refractivity contribution is -0.117. The van der Waals surface area contributed by atoms with E-state index in [1.54, 1.807) is 0 Å². The van der Waals surface area contributed by atoms with Crippen LogP contribution in [0.2, 0.25) is 0 Å². The first-order chi connectivity index (χ1) is 14.1. The Morgan fingerprint density at radius 2 is 1.72 bits per heavy atom. The molecule has 2 aromatic carbocycles. The summed E-state index contributed by atoms with van der Waals surface area (Å²) in [6.45, 7) is 4.66. The highest BCUT2D eigenvalue weighted by atomic mass is 16.2. The van der Waals surface area contributed by atoms with Gasteiger partial charge < -0.3 is 15.5 Å². The number of benzene rings is 2. The number of carbonyl (C=O) groups excluding carboxylic acids is 2. The molecule has 0 spiro atoms. The van der Waals surface area contributed by atoms with Gasteiger partial charge in [-0.2, -0.15) is 0 Å². The van der Waals surface area contributed by atoms with Crippen LogP contribution < -0.4 is 15.5 Å². The van der Waals surface area contributed by atoms with Gasteiger partial charge in [0.15, 0.2) is 0 Å². The van der Waals surface area contributed by atoms with Crippen molar-refractivity contribution in [3.63, 3.8) is 0 Å². The predicted molar refractivity (Wildman–Crippen MR) is 116 cm³/mol. The molecule has 2 N–H and O–H groups in total. The largest absolute Gasteiger partial charge is 0.371 e. The average Bonchev–Trinajstić information content (AvgIpc) is 3.59. The van der Waals surface area contributed by atoms with Gasteiger partial charge in [0.05, 0.1) is 5.56 Å². The van der Waals surface area contributed by atoms with Crippen LogP contribution in [0.15, 0.2) is 48.5 Å². The first-order valence-corrected chi connectivity index (χ1v) is 10.6. The summed E-state index contributed by atoms with van der Waals surface area (Å²) in [5.74, 6) is 0.803. The number of amides is 2. The van der Waals surface area contributed by atoms with Crippen molar-refractivity contribution >= 4 is 23.2 Å². The second-order valence-corrected chi connectivity index (χ2v) is 8.33. The minimum Gasteiger partial charge on any atom is -0.371 e. The maximum absolute atomic E-state index is 13.1. The molecule has 2 fully saturated rings. The second-order valence-electron chi connectivity index (χ2n) is 8.33. The molecule has 0 radical (unpaired) electrons. The smallest absolute Gasteiger partial charge is 0.253 e. The summed E-state index contributed by atoms with van der Waals surface area (Å²) in [4.78, 5) is 27.5. The maximum atomic E-state index is 13.1. The molecule has 1 heterocycles. The van der Waals surface area contributed by atoms with E-state index < -0.39 is 0 Å². The van der Waals surface area contributed by atoms with E-state index in [4.69, 9.17) is 0 Å². The van der Waals surface area contributed by atoms with E-state index in [2.05, 4.69) is 22.5 Å².